The Morgan fingerprint density at radius 1 is 1.21 bits per heavy atom. The van der Waals surface area contributed by atoms with Crippen LogP contribution < -0.4 is 10.2 Å². The fourth-order valence-corrected chi connectivity index (χ4v) is 3.45. The number of anilines is 2. The molecule has 6 heteroatoms. The summed E-state index contributed by atoms with van der Waals surface area (Å²) in [5.41, 5.74) is 2.06. The van der Waals surface area contributed by atoms with Crippen LogP contribution in [0.1, 0.15) is 29.7 Å². The van der Waals surface area contributed by atoms with E-state index in [9.17, 15) is 14.4 Å². The molecule has 1 aromatic carbocycles. The van der Waals surface area contributed by atoms with E-state index in [2.05, 4.69) is 5.32 Å². The minimum atomic E-state index is -0.171. The zero-order valence-corrected chi connectivity index (χ0v) is 14.2. The van der Waals surface area contributed by atoms with Crippen LogP contribution in [-0.4, -0.2) is 17.7 Å². The molecule has 3 amide bonds. The number of nitrogens with one attached hydrogen (secondary N) is 1. The summed E-state index contributed by atoms with van der Waals surface area (Å²) < 4.78 is 0. The highest BCUT2D eigenvalue weighted by Crippen LogP contribution is 2.28. The fraction of sp³-hybridized carbons (Fsp3) is 0.278. The molecule has 2 heterocycles. The first-order chi connectivity index (χ1) is 11.5. The van der Waals surface area contributed by atoms with Crippen molar-refractivity contribution in [1.82, 2.24) is 0 Å². The SMILES string of the molecule is Cc1cc(NC(=O)CCc2cccs2)ccc1N1C(=O)CCC1=O. The highest BCUT2D eigenvalue weighted by molar-refractivity contribution is 7.09. The van der Waals surface area contributed by atoms with E-state index in [0.717, 1.165) is 12.0 Å². The van der Waals surface area contributed by atoms with E-state index < -0.39 is 0 Å². The number of hydrogen-bond acceptors (Lipinski definition) is 4. The number of hydrogen-bond donors (Lipinski definition) is 1. The molecule has 24 heavy (non-hydrogen) atoms. The Labute approximate surface area is 144 Å². The van der Waals surface area contributed by atoms with Crippen molar-refractivity contribution in [2.75, 3.05) is 10.2 Å². The predicted octanol–water partition coefficient (Wildman–Crippen LogP) is 3.28. The number of aryl methyl sites for hydroxylation is 2. The van der Waals surface area contributed by atoms with E-state index in [1.54, 1.807) is 29.5 Å². The van der Waals surface area contributed by atoms with Gasteiger partial charge in [0, 0.05) is 29.8 Å². The molecule has 1 N–H and O–H groups in total. The molecule has 0 unspecified atom stereocenters. The smallest absolute Gasteiger partial charge is 0.234 e. The predicted molar refractivity (Wildman–Crippen MR) is 94.2 cm³/mol. The normalized spacial score (nSPS) is 14.3. The zero-order valence-electron chi connectivity index (χ0n) is 13.4. The molecule has 0 spiro atoms. The fourth-order valence-electron chi connectivity index (χ4n) is 2.74. The van der Waals surface area contributed by atoms with Crippen molar-refractivity contribution in [3.63, 3.8) is 0 Å². The van der Waals surface area contributed by atoms with Gasteiger partial charge in [0.1, 0.15) is 0 Å². The molecule has 0 aliphatic carbocycles. The largest absolute Gasteiger partial charge is 0.326 e. The van der Waals surface area contributed by atoms with Crippen molar-refractivity contribution in [2.45, 2.75) is 32.6 Å². The Kier molecular flexibility index (Phi) is 4.76. The molecule has 2 aromatic rings. The van der Waals surface area contributed by atoms with Gasteiger partial charge in [0.2, 0.25) is 17.7 Å². The van der Waals surface area contributed by atoms with Crippen molar-refractivity contribution < 1.29 is 14.4 Å². The Morgan fingerprint density at radius 2 is 1.96 bits per heavy atom. The van der Waals surface area contributed by atoms with Crippen LogP contribution in [0.4, 0.5) is 11.4 Å². The summed E-state index contributed by atoms with van der Waals surface area (Å²) in [6.07, 6.45) is 1.67. The molecule has 1 aliphatic rings. The molecule has 0 bridgehead atoms. The summed E-state index contributed by atoms with van der Waals surface area (Å²) >= 11 is 1.64. The van der Waals surface area contributed by atoms with E-state index in [-0.39, 0.29) is 30.6 Å². The second kappa shape index (κ2) is 6.97. The molecular formula is C18H18N2O3S. The number of rotatable bonds is 5. The van der Waals surface area contributed by atoms with Crippen LogP contribution in [-0.2, 0) is 20.8 Å². The third-order valence-corrected chi connectivity index (χ3v) is 4.89. The lowest BCUT2D eigenvalue weighted by Crippen LogP contribution is -2.29. The van der Waals surface area contributed by atoms with E-state index >= 15 is 0 Å². The van der Waals surface area contributed by atoms with Crippen LogP contribution in [0.25, 0.3) is 0 Å². The molecule has 1 saturated heterocycles. The van der Waals surface area contributed by atoms with Crippen molar-refractivity contribution in [1.29, 1.82) is 0 Å². The molecule has 0 atom stereocenters. The number of carbonyl (C=O) groups excluding carboxylic acids is 3. The Morgan fingerprint density at radius 3 is 2.58 bits per heavy atom. The van der Waals surface area contributed by atoms with Crippen LogP contribution in [0.3, 0.4) is 0 Å². The molecule has 3 rings (SSSR count). The van der Waals surface area contributed by atoms with E-state index in [1.165, 1.54) is 9.78 Å². The maximum Gasteiger partial charge on any atom is 0.234 e. The van der Waals surface area contributed by atoms with Gasteiger partial charge in [-0.25, -0.2) is 0 Å². The minimum absolute atomic E-state index is 0.0520. The van der Waals surface area contributed by atoms with Gasteiger partial charge >= 0.3 is 0 Å². The van der Waals surface area contributed by atoms with Crippen LogP contribution in [0.15, 0.2) is 35.7 Å². The third kappa shape index (κ3) is 3.54. The number of thiophene rings is 1. The second-order valence-corrected chi connectivity index (χ2v) is 6.78. The van der Waals surface area contributed by atoms with Gasteiger partial charge in [-0.2, -0.15) is 0 Å². The van der Waals surface area contributed by atoms with Crippen molar-refractivity contribution >= 4 is 40.4 Å². The highest BCUT2D eigenvalue weighted by atomic mass is 32.1. The quantitative estimate of drug-likeness (QED) is 0.848. The minimum Gasteiger partial charge on any atom is -0.326 e. The molecule has 1 fully saturated rings. The third-order valence-electron chi connectivity index (χ3n) is 3.95. The lowest BCUT2D eigenvalue weighted by molar-refractivity contribution is -0.121. The number of carbonyl (C=O) groups is 3. The maximum absolute atomic E-state index is 12.0. The number of nitrogens with zero attached hydrogens (tertiary/aromatic N) is 1. The number of benzene rings is 1. The van der Waals surface area contributed by atoms with Gasteiger partial charge in [-0.15, -0.1) is 11.3 Å². The molecule has 5 nitrogen and oxygen atoms in total. The van der Waals surface area contributed by atoms with Gasteiger partial charge < -0.3 is 5.32 Å². The van der Waals surface area contributed by atoms with Crippen LogP contribution in [0.2, 0.25) is 0 Å². The Hall–Kier alpha value is -2.47. The Bertz CT molecular complexity index is 768. The summed E-state index contributed by atoms with van der Waals surface area (Å²) in [7, 11) is 0. The van der Waals surface area contributed by atoms with Gasteiger partial charge in [0.25, 0.3) is 0 Å². The van der Waals surface area contributed by atoms with E-state index in [1.807, 2.05) is 24.4 Å². The summed E-state index contributed by atoms with van der Waals surface area (Å²) in [4.78, 5) is 38.1. The van der Waals surface area contributed by atoms with Gasteiger partial charge in [-0.1, -0.05) is 6.07 Å². The average Bonchev–Trinajstić information content (AvgIpc) is 3.17. The van der Waals surface area contributed by atoms with Gasteiger partial charge in [-0.3, -0.25) is 19.3 Å². The summed E-state index contributed by atoms with van der Waals surface area (Å²) in [6.45, 7) is 1.83. The molecule has 0 saturated carbocycles. The second-order valence-electron chi connectivity index (χ2n) is 5.75. The van der Waals surface area contributed by atoms with E-state index in [4.69, 9.17) is 0 Å². The van der Waals surface area contributed by atoms with Crippen molar-refractivity contribution in [3.05, 3.63) is 46.2 Å². The molecule has 124 valence electrons. The lowest BCUT2D eigenvalue weighted by Gasteiger charge is -2.17. The van der Waals surface area contributed by atoms with Crippen molar-refractivity contribution in [3.8, 4) is 0 Å². The van der Waals surface area contributed by atoms with Crippen LogP contribution in [0, 0.1) is 6.92 Å². The number of amides is 3. The molecular weight excluding hydrogens is 324 g/mol. The highest BCUT2D eigenvalue weighted by Gasteiger charge is 2.31. The monoisotopic (exact) mass is 342 g/mol. The molecule has 0 radical (unpaired) electrons. The maximum atomic E-state index is 12.0. The zero-order chi connectivity index (χ0) is 17.1. The molecule has 1 aromatic heterocycles. The standard InChI is InChI=1S/C18H18N2O3S/c1-12-11-13(19-16(21)7-5-14-3-2-10-24-14)4-6-15(12)20-17(22)8-9-18(20)23/h2-4,6,10-11H,5,7-9H2,1H3,(H,19,21). The first-order valence-corrected chi connectivity index (χ1v) is 8.71. The first-order valence-electron chi connectivity index (χ1n) is 7.83. The van der Waals surface area contributed by atoms with Crippen LogP contribution in [0.5, 0.6) is 0 Å². The summed E-state index contributed by atoms with van der Waals surface area (Å²) in [6, 6.07) is 9.22. The lowest BCUT2D eigenvalue weighted by atomic mass is 10.1. The molecule has 1 aliphatic heterocycles. The average molecular weight is 342 g/mol. The van der Waals surface area contributed by atoms with Gasteiger partial charge in [-0.05, 0) is 48.6 Å². The Balaban J connectivity index is 1.65. The topological polar surface area (TPSA) is 66.5 Å². The summed E-state index contributed by atoms with van der Waals surface area (Å²) in [5, 5.41) is 4.86. The summed E-state index contributed by atoms with van der Waals surface area (Å²) in [5.74, 6) is -0.393. The van der Waals surface area contributed by atoms with Gasteiger partial charge in [0.15, 0.2) is 0 Å². The van der Waals surface area contributed by atoms with E-state index in [0.29, 0.717) is 17.8 Å². The first kappa shape index (κ1) is 16.4. The van der Waals surface area contributed by atoms with Crippen molar-refractivity contribution in [2.24, 2.45) is 0 Å². The van der Waals surface area contributed by atoms with Crippen LogP contribution >= 0.6 is 11.3 Å². The number of imide groups is 1. The van der Waals surface area contributed by atoms with Gasteiger partial charge in [0.05, 0.1) is 5.69 Å².